The summed E-state index contributed by atoms with van der Waals surface area (Å²) in [6, 6.07) is 13.6. The number of amides is 1. The third-order valence-electron chi connectivity index (χ3n) is 5.73. The normalized spacial score (nSPS) is 14.7. The van der Waals surface area contributed by atoms with Crippen molar-refractivity contribution in [2.45, 2.75) is 25.7 Å². The number of hydrogen-bond donors (Lipinski definition) is 0. The first-order valence-electron chi connectivity index (χ1n) is 10.7. The molecule has 1 aliphatic rings. The SMILES string of the molecule is COc1ccc(/C=C/C(=O)N2CCC(c3nc(-c4ccc(C)cc4)no3)CC2)cc1OC. The van der Waals surface area contributed by atoms with Crippen LogP contribution in [-0.4, -0.2) is 48.3 Å². The number of rotatable bonds is 6. The Labute approximate surface area is 187 Å². The molecule has 166 valence electrons. The minimum Gasteiger partial charge on any atom is -0.493 e. The molecule has 1 saturated heterocycles. The predicted molar refractivity (Wildman–Crippen MR) is 122 cm³/mol. The van der Waals surface area contributed by atoms with E-state index in [1.807, 2.05) is 54.3 Å². The molecule has 1 aliphatic heterocycles. The van der Waals surface area contributed by atoms with Crippen LogP contribution in [0.25, 0.3) is 17.5 Å². The van der Waals surface area contributed by atoms with Gasteiger partial charge in [0.1, 0.15) is 0 Å². The lowest BCUT2D eigenvalue weighted by Gasteiger charge is -2.29. The molecule has 0 bridgehead atoms. The molecule has 0 aliphatic carbocycles. The molecule has 0 radical (unpaired) electrons. The van der Waals surface area contributed by atoms with Crippen LogP contribution < -0.4 is 9.47 Å². The van der Waals surface area contributed by atoms with E-state index in [1.54, 1.807) is 26.4 Å². The molecule has 0 atom stereocenters. The molecule has 0 unspecified atom stereocenters. The predicted octanol–water partition coefficient (Wildman–Crippen LogP) is 4.48. The van der Waals surface area contributed by atoms with Crippen LogP contribution in [0.15, 0.2) is 53.1 Å². The third kappa shape index (κ3) is 4.82. The number of nitrogens with zero attached hydrogens (tertiary/aromatic N) is 3. The molecule has 0 saturated carbocycles. The van der Waals surface area contributed by atoms with Gasteiger partial charge in [-0.1, -0.05) is 41.1 Å². The molecule has 1 fully saturated rings. The summed E-state index contributed by atoms with van der Waals surface area (Å²) in [4.78, 5) is 19.1. The highest BCUT2D eigenvalue weighted by Crippen LogP contribution is 2.30. The average molecular weight is 434 g/mol. The molecule has 7 heteroatoms. The van der Waals surface area contributed by atoms with Crippen LogP contribution in [0.5, 0.6) is 11.5 Å². The Morgan fingerprint density at radius 1 is 1.06 bits per heavy atom. The minimum atomic E-state index is -0.0101. The van der Waals surface area contributed by atoms with Crippen molar-refractivity contribution in [3.8, 4) is 22.9 Å². The van der Waals surface area contributed by atoms with Crippen LogP contribution in [-0.2, 0) is 4.79 Å². The standard InChI is InChI=1S/C25H27N3O4/c1-17-4-8-19(9-5-17)24-26-25(32-27-24)20-12-14-28(15-13-20)23(29)11-7-18-6-10-21(30-2)22(16-18)31-3/h4-11,16,20H,12-15H2,1-3H3/b11-7+. The second-order valence-electron chi connectivity index (χ2n) is 7.87. The largest absolute Gasteiger partial charge is 0.493 e. The van der Waals surface area contributed by atoms with Crippen LogP contribution in [0.3, 0.4) is 0 Å². The van der Waals surface area contributed by atoms with Crippen LogP contribution in [0, 0.1) is 6.92 Å². The number of aromatic nitrogens is 2. The zero-order valence-corrected chi connectivity index (χ0v) is 18.6. The Kier molecular flexibility index (Phi) is 6.54. The maximum Gasteiger partial charge on any atom is 0.246 e. The van der Waals surface area contributed by atoms with Crippen molar-refractivity contribution in [3.63, 3.8) is 0 Å². The van der Waals surface area contributed by atoms with E-state index < -0.39 is 0 Å². The number of benzene rings is 2. The Morgan fingerprint density at radius 3 is 2.47 bits per heavy atom. The number of carbonyl (C=O) groups excluding carboxylic acids is 1. The van der Waals surface area contributed by atoms with Gasteiger partial charge in [0.15, 0.2) is 11.5 Å². The van der Waals surface area contributed by atoms with Crippen molar-refractivity contribution >= 4 is 12.0 Å². The minimum absolute atomic E-state index is 0.0101. The van der Waals surface area contributed by atoms with Crippen LogP contribution in [0.2, 0.25) is 0 Å². The Morgan fingerprint density at radius 2 is 1.78 bits per heavy atom. The molecular weight excluding hydrogens is 406 g/mol. The van der Waals surface area contributed by atoms with Gasteiger partial charge in [-0.25, -0.2) is 0 Å². The van der Waals surface area contributed by atoms with Crippen molar-refractivity contribution < 1.29 is 18.8 Å². The second kappa shape index (κ2) is 9.68. The number of aryl methyl sites for hydroxylation is 1. The number of likely N-dealkylation sites (tertiary alicyclic amines) is 1. The van der Waals surface area contributed by atoms with E-state index in [2.05, 4.69) is 10.1 Å². The number of carbonyl (C=O) groups is 1. The van der Waals surface area contributed by atoms with Gasteiger partial charge in [0.2, 0.25) is 17.6 Å². The van der Waals surface area contributed by atoms with E-state index in [1.165, 1.54) is 5.56 Å². The summed E-state index contributed by atoms with van der Waals surface area (Å²) in [5.74, 6) is 2.70. The topological polar surface area (TPSA) is 77.7 Å². The number of methoxy groups -OCH3 is 2. The fraction of sp³-hybridized carbons (Fsp3) is 0.320. The van der Waals surface area contributed by atoms with Gasteiger partial charge in [-0.2, -0.15) is 4.98 Å². The van der Waals surface area contributed by atoms with Crippen molar-refractivity contribution in [2.75, 3.05) is 27.3 Å². The first kappa shape index (κ1) is 21.6. The van der Waals surface area contributed by atoms with Gasteiger partial charge in [0.05, 0.1) is 14.2 Å². The molecule has 2 heterocycles. The van der Waals surface area contributed by atoms with E-state index in [0.29, 0.717) is 36.3 Å². The maximum atomic E-state index is 12.6. The Bertz CT molecular complexity index is 1100. The average Bonchev–Trinajstić information content (AvgIpc) is 3.33. The number of piperidine rings is 1. The lowest BCUT2D eigenvalue weighted by atomic mass is 9.96. The second-order valence-corrected chi connectivity index (χ2v) is 7.87. The molecular formula is C25H27N3O4. The van der Waals surface area contributed by atoms with Gasteiger partial charge in [-0.3, -0.25) is 4.79 Å². The summed E-state index contributed by atoms with van der Waals surface area (Å²) >= 11 is 0. The zero-order valence-electron chi connectivity index (χ0n) is 18.6. The number of hydrogen-bond acceptors (Lipinski definition) is 6. The van der Waals surface area contributed by atoms with Crippen LogP contribution in [0.1, 0.15) is 35.8 Å². The molecule has 4 rings (SSSR count). The van der Waals surface area contributed by atoms with Crippen molar-refractivity contribution in [3.05, 3.63) is 65.6 Å². The Balaban J connectivity index is 1.34. The van der Waals surface area contributed by atoms with Crippen LogP contribution in [0.4, 0.5) is 0 Å². The van der Waals surface area contributed by atoms with E-state index in [9.17, 15) is 4.79 Å². The van der Waals surface area contributed by atoms with E-state index in [4.69, 9.17) is 14.0 Å². The van der Waals surface area contributed by atoms with E-state index in [0.717, 1.165) is 24.0 Å². The molecule has 32 heavy (non-hydrogen) atoms. The van der Waals surface area contributed by atoms with Crippen molar-refractivity contribution in [1.29, 1.82) is 0 Å². The quantitative estimate of drug-likeness (QED) is 0.534. The molecule has 0 spiro atoms. The highest BCUT2D eigenvalue weighted by atomic mass is 16.5. The molecule has 3 aromatic rings. The van der Waals surface area contributed by atoms with Gasteiger partial charge in [-0.15, -0.1) is 0 Å². The number of ether oxygens (including phenoxy) is 2. The van der Waals surface area contributed by atoms with E-state index in [-0.39, 0.29) is 11.8 Å². The summed E-state index contributed by atoms with van der Waals surface area (Å²) in [6.45, 7) is 3.35. The highest BCUT2D eigenvalue weighted by molar-refractivity contribution is 5.92. The van der Waals surface area contributed by atoms with Gasteiger partial charge in [-0.05, 0) is 43.5 Å². The van der Waals surface area contributed by atoms with Gasteiger partial charge in [0, 0.05) is 30.6 Å². The fourth-order valence-corrected chi connectivity index (χ4v) is 3.80. The summed E-state index contributed by atoms with van der Waals surface area (Å²) < 4.78 is 16.1. The van der Waals surface area contributed by atoms with Gasteiger partial charge < -0.3 is 18.9 Å². The lowest BCUT2D eigenvalue weighted by molar-refractivity contribution is -0.127. The first-order chi connectivity index (χ1) is 15.6. The fourth-order valence-electron chi connectivity index (χ4n) is 3.80. The van der Waals surface area contributed by atoms with Gasteiger partial charge in [0.25, 0.3) is 0 Å². The first-order valence-corrected chi connectivity index (χ1v) is 10.7. The third-order valence-corrected chi connectivity index (χ3v) is 5.73. The lowest BCUT2D eigenvalue weighted by Crippen LogP contribution is -2.36. The van der Waals surface area contributed by atoms with E-state index >= 15 is 0 Å². The molecule has 7 nitrogen and oxygen atoms in total. The monoisotopic (exact) mass is 433 g/mol. The molecule has 2 aromatic carbocycles. The maximum absolute atomic E-state index is 12.6. The molecule has 1 amide bonds. The van der Waals surface area contributed by atoms with Crippen molar-refractivity contribution in [2.24, 2.45) is 0 Å². The van der Waals surface area contributed by atoms with Gasteiger partial charge >= 0.3 is 0 Å². The zero-order chi connectivity index (χ0) is 22.5. The smallest absolute Gasteiger partial charge is 0.246 e. The summed E-state index contributed by atoms with van der Waals surface area (Å²) in [5.41, 5.74) is 3.01. The van der Waals surface area contributed by atoms with Crippen LogP contribution >= 0.6 is 0 Å². The summed E-state index contributed by atoms with van der Waals surface area (Å²) in [7, 11) is 3.19. The summed E-state index contributed by atoms with van der Waals surface area (Å²) in [6.07, 6.45) is 4.99. The molecule has 1 aromatic heterocycles. The molecule has 0 N–H and O–H groups in total. The summed E-state index contributed by atoms with van der Waals surface area (Å²) in [5, 5.41) is 4.14. The van der Waals surface area contributed by atoms with Crippen molar-refractivity contribution in [1.82, 2.24) is 15.0 Å². The Hall–Kier alpha value is -3.61. The highest BCUT2D eigenvalue weighted by Gasteiger charge is 2.27.